The van der Waals surface area contributed by atoms with Crippen LogP contribution in [0.2, 0.25) is 5.02 Å². The Hall–Kier alpha value is -1.93. The topological polar surface area (TPSA) is 101 Å². The predicted molar refractivity (Wildman–Crippen MR) is 102 cm³/mol. The Balaban J connectivity index is 1.71. The number of hydrogen-bond donors (Lipinski definition) is 3. The van der Waals surface area contributed by atoms with E-state index in [9.17, 15) is 13.2 Å². The molecule has 2 aromatic rings. The molecule has 1 aliphatic heterocycles. The minimum absolute atomic E-state index is 0.113. The zero-order valence-electron chi connectivity index (χ0n) is 14.0. The third-order valence-corrected chi connectivity index (χ3v) is 5.66. The number of nitrogens with two attached hydrogens (primary N) is 1. The molecule has 6 nitrogen and oxygen atoms in total. The normalized spacial score (nSPS) is 17.2. The lowest BCUT2D eigenvalue weighted by molar-refractivity contribution is 0.102. The van der Waals surface area contributed by atoms with Crippen LogP contribution in [0.15, 0.2) is 47.4 Å². The number of halogens is 1. The van der Waals surface area contributed by atoms with E-state index in [4.69, 9.17) is 16.7 Å². The number of anilines is 1. The number of benzene rings is 2. The first-order valence-corrected chi connectivity index (χ1v) is 10.2. The van der Waals surface area contributed by atoms with Crippen molar-refractivity contribution in [2.75, 3.05) is 18.4 Å². The van der Waals surface area contributed by atoms with Gasteiger partial charge in [0, 0.05) is 5.56 Å². The first kappa shape index (κ1) is 18.8. The van der Waals surface area contributed by atoms with Gasteiger partial charge in [0.25, 0.3) is 5.91 Å². The summed E-state index contributed by atoms with van der Waals surface area (Å²) in [6, 6.07) is 11.3. The fraction of sp³-hybridized carbons (Fsp3) is 0.278. The summed E-state index contributed by atoms with van der Waals surface area (Å²) in [4.78, 5) is 12.3. The predicted octanol–water partition coefficient (Wildman–Crippen LogP) is 2.39. The average Bonchev–Trinajstić information content (AvgIpc) is 3.09. The van der Waals surface area contributed by atoms with E-state index in [0.717, 1.165) is 19.5 Å². The van der Waals surface area contributed by atoms with Gasteiger partial charge in [0.15, 0.2) is 0 Å². The molecule has 8 heteroatoms. The van der Waals surface area contributed by atoms with Crippen molar-refractivity contribution in [2.24, 2.45) is 11.1 Å². The van der Waals surface area contributed by atoms with Crippen LogP contribution in [-0.2, 0) is 16.4 Å². The van der Waals surface area contributed by atoms with Crippen molar-refractivity contribution in [1.82, 2.24) is 5.32 Å². The molecule has 0 radical (unpaired) electrons. The van der Waals surface area contributed by atoms with Crippen molar-refractivity contribution in [3.05, 3.63) is 58.6 Å². The monoisotopic (exact) mass is 393 g/mol. The molecule has 26 heavy (non-hydrogen) atoms. The van der Waals surface area contributed by atoms with Gasteiger partial charge in [-0.3, -0.25) is 4.79 Å². The van der Waals surface area contributed by atoms with Gasteiger partial charge in [0.2, 0.25) is 10.0 Å². The number of primary sulfonamides is 1. The largest absolute Gasteiger partial charge is 0.321 e. The van der Waals surface area contributed by atoms with E-state index >= 15 is 0 Å². The van der Waals surface area contributed by atoms with Crippen LogP contribution in [0.4, 0.5) is 5.69 Å². The SMILES string of the molecule is NS(=O)(=O)c1ccc(Cl)c(NC(=O)c2ccc(CC3CCNC3)cc2)c1. The van der Waals surface area contributed by atoms with E-state index < -0.39 is 10.0 Å². The van der Waals surface area contributed by atoms with Crippen molar-refractivity contribution in [2.45, 2.75) is 17.7 Å². The number of carbonyl (C=O) groups excluding carboxylic acids is 1. The minimum Gasteiger partial charge on any atom is -0.321 e. The molecule has 4 N–H and O–H groups in total. The quantitative estimate of drug-likeness (QED) is 0.725. The van der Waals surface area contributed by atoms with Crippen LogP contribution in [0.5, 0.6) is 0 Å². The second-order valence-corrected chi connectivity index (χ2v) is 8.37. The molecule has 2 aromatic carbocycles. The number of hydrogen-bond acceptors (Lipinski definition) is 4. The van der Waals surface area contributed by atoms with E-state index in [1.54, 1.807) is 12.1 Å². The standard InChI is InChI=1S/C18H20ClN3O3S/c19-16-6-5-15(26(20,24)25)10-17(16)22-18(23)14-3-1-12(2-4-14)9-13-7-8-21-11-13/h1-6,10,13,21H,7-9,11H2,(H,22,23)(H2,20,24,25). The maximum atomic E-state index is 12.4. The minimum atomic E-state index is -3.87. The molecule has 138 valence electrons. The summed E-state index contributed by atoms with van der Waals surface area (Å²) in [5.41, 5.74) is 1.85. The summed E-state index contributed by atoms with van der Waals surface area (Å²) in [6.45, 7) is 2.09. The molecule has 1 saturated heterocycles. The zero-order chi connectivity index (χ0) is 18.7. The van der Waals surface area contributed by atoms with Gasteiger partial charge in [0.05, 0.1) is 15.6 Å². The lowest BCUT2D eigenvalue weighted by atomic mass is 9.98. The number of carbonyl (C=O) groups is 1. The van der Waals surface area contributed by atoms with Gasteiger partial charge in [-0.25, -0.2) is 13.6 Å². The Morgan fingerprint density at radius 3 is 2.58 bits per heavy atom. The van der Waals surface area contributed by atoms with Crippen LogP contribution >= 0.6 is 11.6 Å². The Morgan fingerprint density at radius 2 is 1.96 bits per heavy atom. The molecule has 0 spiro atoms. The van der Waals surface area contributed by atoms with Crippen molar-refractivity contribution in [3.8, 4) is 0 Å². The van der Waals surface area contributed by atoms with E-state index in [2.05, 4.69) is 10.6 Å². The van der Waals surface area contributed by atoms with Crippen LogP contribution in [-0.4, -0.2) is 27.4 Å². The molecule has 1 fully saturated rings. The van der Waals surface area contributed by atoms with Gasteiger partial charge in [-0.1, -0.05) is 23.7 Å². The van der Waals surface area contributed by atoms with E-state index in [0.29, 0.717) is 11.5 Å². The van der Waals surface area contributed by atoms with Crippen LogP contribution in [0, 0.1) is 5.92 Å². The number of sulfonamides is 1. The van der Waals surface area contributed by atoms with Gasteiger partial charge >= 0.3 is 0 Å². The van der Waals surface area contributed by atoms with Crippen LogP contribution < -0.4 is 15.8 Å². The molecule has 1 unspecified atom stereocenters. The van der Waals surface area contributed by atoms with E-state index in [1.165, 1.54) is 30.2 Å². The summed E-state index contributed by atoms with van der Waals surface area (Å²) >= 11 is 6.04. The molecule has 0 aromatic heterocycles. The highest BCUT2D eigenvalue weighted by molar-refractivity contribution is 7.89. The molecular weight excluding hydrogens is 374 g/mol. The van der Waals surface area contributed by atoms with Crippen molar-refractivity contribution < 1.29 is 13.2 Å². The van der Waals surface area contributed by atoms with Gasteiger partial charge in [-0.05, 0) is 67.7 Å². The fourth-order valence-corrected chi connectivity index (χ4v) is 3.69. The first-order chi connectivity index (χ1) is 12.3. The highest BCUT2D eigenvalue weighted by Gasteiger charge is 2.16. The second kappa shape index (κ2) is 7.75. The maximum absolute atomic E-state index is 12.4. The molecule has 1 aliphatic rings. The molecule has 1 amide bonds. The fourth-order valence-electron chi connectivity index (χ4n) is 2.99. The highest BCUT2D eigenvalue weighted by atomic mass is 35.5. The second-order valence-electron chi connectivity index (χ2n) is 6.40. The van der Waals surface area contributed by atoms with Crippen LogP contribution in [0.25, 0.3) is 0 Å². The number of nitrogens with one attached hydrogen (secondary N) is 2. The molecule has 0 aliphatic carbocycles. The van der Waals surface area contributed by atoms with Gasteiger partial charge in [-0.2, -0.15) is 0 Å². The molecule has 3 rings (SSSR count). The Morgan fingerprint density at radius 1 is 1.23 bits per heavy atom. The maximum Gasteiger partial charge on any atom is 0.255 e. The third kappa shape index (κ3) is 4.62. The highest BCUT2D eigenvalue weighted by Crippen LogP contribution is 2.25. The molecule has 0 saturated carbocycles. The molecule has 1 heterocycles. The number of rotatable bonds is 5. The molecule has 0 bridgehead atoms. The van der Waals surface area contributed by atoms with Gasteiger partial charge < -0.3 is 10.6 Å². The summed E-state index contributed by atoms with van der Waals surface area (Å²) < 4.78 is 22.9. The summed E-state index contributed by atoms with van der Waals surface area (Å²) in [6.07, 6.45) is 2.15. The summed E-state index contributed by atoms with van der Waals surface area (Å²) in [5.74, 6) is 0.266. The summed E-state index contributed by atoms with van der Waals surface area (Å²) in [5, 5.41) is 11.3. The van der Waals surface area contributed by atoms with E-state index in [1.807, 2.05) is 12.1 Å². The van der Waals surface area contributed by atoms with Crippen molar-refractivity contribution in [3.63, 3.8) is 0 Å². The Bertz CT molecular complexity index is 908. The van der Waals surface area contributed by atoms with Crippen LogP contribution in [0.1, 0.15) is 22.3 Å². The first-order valence-electron chi connectivity index (χ1n) is 8.26. The van der Waals surface area contributed by atoms with Gasteiger partial charge in [0.1, 0.15) is 0 Å². The molecule has 1 atom stereocenters. The lowest BCUT2D eigenvalue weighted by Crippen LogP contribution is -2.15. The zero-order valence-corrected chi connectivity index (χ0v) is 15.6. The van der Waals surface area contributed by atoms with Crippen molar-refractivity contribution >= 4 is 33.2 Å². The smallest absolute Gasteiger partial charge is 0.255 e. The lowest BCUT2D eigenvalue weighted by Gasteiger charge is -2.11. The third-order valence-electron chi connectivity index (χ3n) is 4.42. The average molecular weight is 394 g/mol. The molecular formula is C18H20ClN3O3S. The summed E-state index contributed by atoms with van der Waals surface area (Å²) in [7, 11) is -3.87. The van der Waals surface area contributed by atoms with Crippen molar-refractivity contribution in [1.29, 1.82) is 0 Å². The van der Waals surface area contributed by atoms with E-state index in [-0.39, 0.29) is 21.5 Å². The Kier molecular flexibility index (Phi) is 5.62. The Labute approximate surface area is 157 Å². The van der Waals surface area contributed by atoms with Crippen LogP contribution in [0.3, 0.4) is 0 Å². The van der Waals surface area contributed by atoms with Gasteiger partial charge in [-0.15, -0.1) is 0 Å². The number of amides is 1.